The molecule has 0 bridgehead atoms. The van der Waals surface area contributed by atoms with Gasteiger partial charge in [-0.15, -0.1) is 0 Å². The van der Waals surface area contributed by atoms with Crippen LogP contribution < -0.4 is 10.6 Å². The van der Waals surface area contributed by atoms with Gasteiger partial charge in [-0.25, -0.2) is 13.2 Å². The molecule has 2 saturated heterocycles. The molecule has 2 aromatic carbocycles. The van der Waals surface area contributed by atoms with Gasteiger partial charge in [-0.2, -0.15) is 0 Å². The van der Waals surface area contributed by atoms with Gasteiger partial charge >= 0.3 is 6.03 Å². The molecule has 228 valence electrons. The standard InChI is InChI=1S/C32H44N4O5S/c1-2-3-12-27(17-24-42(39,40)29-13-8-5-9-14-29)33-31(37)30(25-26-10-6-4-7-11-26)34-32(38)36-18-15-28(16-19-36)35-20-22-41-23-21-35/h4-11,13-14,17,24,27-28,30H,2-3,12,15-16,18-23,25H2,1H3,(H,33,37)(H,34,38)/b24-17+/t27-,30-/m0/s1. The number of amides is 3. The molecule has 4 rings (SSSR count). The molecule has 0 radical (unpaired) electrons. The molecule has 3 amide bonds. The number of sulfone groups is 1. The third-order valence-corrected chi connectivity index (χ3v) is 9.41. The summed E-state index contributed by atoms with van der Waals surface area (Å²) < 4.78 is 31.2. The first-order valence-electron chi connectivity index (χ1n) is 15.1. The van der Waals surface area contributed by atoms with E-state index in [1.165, 1.54) is 5.41 Å². The van der Waals surface area contributed by atoms with Gasteiger partial charge in [0.1, 0.15) is 6.04 Å². The number of nitrogens with one attached hydrogen (secondary N) is 2. The van der Waals surface area contributed by atoms with E-state index in [1.54, 1.807) is 41.3 Å². The number of ether oxygens (including phenoxy) is 1. The minimum Gasteiger partial charge on any atom is -0.379 e. The molecule has 0 saturated carbocycles. The zero-order valence-corrected chi connectivity index (χ0v) is 25.3. The summed E-state index contributed by atoms with van der Waals surface area (Å²) in [5.74, 6) is -0.335. The predicted molar refractivity (Wildman–Crippen MR) is 164 cm³/mol. The highest BCUT2D eigenvalue weighted by Crippen LogP contribution is 2.18. The van der Waals surface area contributed by atoms with Gasteiger partial charge in [-0.3, -0.25) is 9.69 Å². The summed E-state index contributed by atoms with van der Waals surface area (Å²) >= 11 is 0. The van der Waals surface area contributed by atoms with Crippen molar-refractivity contribution in [2.24, 2.45) is 0 Å². The third kappa shape index (κ3) is 9.40. The first-order chi connectivity index (χ1) is 20.4. The van der Waals surface area contributed by atoms with E-state index in [4.69, 9.17) is 4.74 Å². The van der Waals surface area contributed by atoms with Crippen molar-refractivity contribution in [3.05, 3.63) is 77.7 Å². The third-order valence-electron chi connectivity index (χ3n) is 7.97. The molecule has 2 N–H and O–H groups in total. The minimum absolute atomic E-state index is 0.202. The van der Waals surface area contributed by atoms with Crippen LogP contribution in [0.5, 0.6) is 0 Å². The molecule has 9 nitrogen and oxygen atoms in total. The monoisotopic (exact) mass is 596 g/mol. The number of carbonyl (C=O) groups is 2. The van der Waals surface area contributed by atoms with Crippen LogP contribution in [0, 0.1) is 0 Å². The quantitative estimate of drug-likeness (QED) is 0.386. The Hall–Kier alpha value is -3.21. The van der Waals surface area contributed by atoms with Gasteiger partial charge < -0.3 is 20.3 Å². The van der Waals surface area contributed by atoms with Crippen LogP contribution in [-0.4, -0.2) is 87.7 Å². The number of morpholine rings is 1. The van der Waals surface area contributed by atoms with E-state index < -0.39 is 21.9 Å². The molecule has 10 heteroatoms. The maximum absolute atomic E-state index is 13.6. The Labute approximate surface area is 250 Å². The molecule has 2 atom stereocenters. The smallest absolute Gasteiger partial charge is 0.318 e. The Bertz CT molecular complexity index is 1260. The summed E-state index contributed by atoms with van der Waals surface area (Å²) in [6.07, 6.45) is 5.96. The Morgan fingerprint density at radius 2 is 1.60 bits per heavy atom. The number of hydrogen-bond acceptors (Lipinski definition) is 6. The van der Waals surface area contributed by atoms with E-state index in [1.807, 2.05) is 37.3 Å². The Balaban J connectivity index is 1.42. The molecule has 0 aromatic heterocycles. The second kappa shape index (κ2) is 15.9. The Morgan fingerprint density at radius 1 is 0.952 bits per heavy atom. The van der Waals surface area contributed by atoms with E-state index in [-0.39, 0.29) is 16.8 Å². The lowest BCUT2D eigenvalue weighted by atomic mass is 10.0. The molecule has 0 unspecified atom stereocenters. The predicted octanol–water partition coefficient (Wildman–Crippen LogP) is 3.77. The van der Waals surface area contributed by atoms with Gasteiger partial charge in [0.2, 0.25) is 5.91 Å². The Kier molecular flexibility index (Phi) is 12.0. The molecule has 2 aliphatic rings. The topological polar surface area (TPSA) is 108 Å². The summed E-state index contributed by atoms with van der Waals surface area (Å²) in [5, 5.41) is 7.17. The number of urea groups is 1. The first-order valence-corrected chi connectivity index (χ1v) is 16.6. The minimum atomic E-state index is -3.65. The van der Waals surface area contributed by atoms with Crippen LogP contribution in [0.1, 0.15) is 44.6 Å². The largest absolute Gasteiger partial charge is 0.379 e. The normalized spacial score (nSPS) is 18.5. The second-order valence-electron chi connectivity index (χ2n) is 11.0. The van der Waals surface area contributed by atoms with Crippen LogP contribution in [0.25, 0.3) is 0 Å². The van der Waals surface area contributed by atoms with E-state index in [0.717, 1.165) is 57.6 Å². The maximum atomic E-state index is 13.6. The number of likely N-dealkylation sites (tertiary alicyclic amines) is 1. The van der Waals surface area contributed by atoms with Crippen molar-refractivity contribution in [2.75, 3.05) is 39.4 Å². The number of carbonyl (C=O) groups excluding carboxylic acids is 2. The van der Waals surface area contributed by atoms with Crippen molar-refractivity contribution in [3.8, 4) is 0 Å². The van der Waals surface area contributed by atoms with Crippen molar-refractivity contribution >= 4 is 21.8 Å². The SMILES string of the molecule is CCCC[C@@H](/C=C/S(=O)(=O)c1ccccc1)NC(=O)[C@H](Cc1ccccc1)NC(=O)N1CCC(N2CCOCC2)CC1. The maximum Gasteiger partial charge on any atom is 0.318 e. The van der Waals surface area contributed by atoms with Gasteiger partial charge in [0, 0.05) is 50.1 Å². The fourth-order valence-electron chi connectivity index (χ4n) is 5.49. The average Bonchev–Trinajstić information content (AvgIpc) is 3.03. The van der Waals surface area contributed by atoms with Crippen LogP contribution in [0.3, 0.4) is 0 Å². The Morgan fingerprint density at radius 3 is 2.24 bits per heavy atom. The molecule has 2 aliphatic heterocycles. The van der Waals surface area contributed by atoms with Crippen LogP contribution >= 0.6 is 0 Å². The molecule has 2 fully saturated rings. The number of rotatable bonds is 12. The zero-order valence-electron chi connectivity index (χ0n) is 24.5. The molecular weight excluding hydrogens is 552 g/mol. The summed E-state index contributed by atoms with van der Waals surface area (Å²) in [6, 6.07) is 16.7. The summed E-state index contributed by atoms with van der Waals surface area (Å²) in [5.41, 5.74) is 0.927. The van der Waals surface area contributed by atoms with Gasteiger partial charge in [0.15, 0.2) is 9.84 Å². The lowest BCUT2D eigenvalue weighted by molar-refractivity contribution is -0.123. The highest BCUT2D eigenvalue weighted by Gasteiger charge is 2.30. The van der Waals surface area contributed by atoms with Gasteiger partial charge in [-0.1, -0.05) is 74.4 Å². The number of unbranched alkanes of at least 4 members (excludes halogenated alkanes) is 1. The van der Waals surface area contributed by atoms with Crippen LogP contribution in [-0.2, 0) is 25.8 Å². The van der Waals surface area contributed by atoms with Crippen molar-refractivity contribution in [1.82, 2.24) is 20.4 Å². The van der Waals surface area contributed by atoms with Crippen molar-refractivity contribution < 1.29 is 22.7 Å². The highest BCUT2D eigenvalue weighted by molar-refractivity contribution is 7.94. The average molecular weight is 597 g/mol. The lowest BCUT2D eigenvalue weighted by Gasteiger charge is -2.40. The molecule has 2 heterocycles. The van der Waals surface area contributed by atoms with Crippen LogP contribution in [0.2, 0.25) is 0 Å². The van der Waals surface area contributed by atoms with Crippen LogP contribution in [0.15, 0.2) is 77.0 Å². The fourth-order valence-corrected chi connectivity index (χ4v) is 6.58. The zero-order chi connectivity index (χ0) is 29.8. The van der Waals surface area contributed by atoms with Crippen molar-refractivity contribution in [3.63, 3.8) is 0 Å². The number of piperidine rings is 1. The molecule has 0 spiro atoms. The van der Waals surface area contributed by atoms with E-state index in [2.05, 4.69) is 15.5 Å². The first kappa shape index (κ1) is 31.7. The fraction of sp³-hybridized carbons (Fsp3) is 0.500. The second-order valence-corrected chi connectivity index (χ2v) is 12.8. The molecule has 2 aromatic rings. The van der Waals surface area contributed by atoms with Crippen LogP contribution in [0.4, 0.5) is 4.79 Å². The molecule has 42 heavy (non-hydrogen) atoms. The lowest BCUT2D eigenvalue weighted by Crippen LogP contribution is -2.56. The summed E-state index contributed by atoms with van der Waals surface area (Å²) in [4.78, 5) is 31.5. The van der Waals surface area contributed by atoms with E-state index in [9.17, 15) is 18.0 Å². The summed E-state index contributed by atoms with van der Waals surface area (Å²) in [6.45, 7) is 6.67. The number of hydrogen-bond donors (Lipinski definition) is 2. The number of nitrogens with zero attached hydrogens (tertiary/aromatic N) is 2. The molecular formula is C32H44N4O5S. The van der Waals surface area contributed by atoms with Gasteiger partial charge in [0.25, 0.3) is 0 Å². The van der Waals surface area contributed by atoms with Gasteiger partial charge in [0.05, 0.1) is 18.1 Å². The number of benzene rings is 2. The molecule has 0 aliphatic carbocycles. The van der Waals surface area contributed by atoms with E-state index >= 15 is 0 Å². The van der Waals surface area contributed by atoms with Gasteiger partial charge in [-0.05, 0) is 37.0 Å². The highest BCUT2D eigenvalue weighted by atomic mass is 32.2. The van der Waals surface area contributed by atoms with Crippen molar-refractivity contribution in [1.29, 1.82) is 0 Å². The summed E-state index contributed by atoms with van der Waals surface area (Å²) in [7, 11) is -3.65. The van der Waals surface area contributed by atoms with Crippen molar-refractivity contribution in [2.45, 2.75) is 68.5 Å². The van der Waals surface area contributed by atoms with E-state index in [0.29, 0.717) is 32.0 Å².